The second-order valence-electron chi connectivity index (χ2n) is 10.5. The number of alkyl halides is 6. The van der Waals surface area contributed by atoms with Crippen LogP contribution in [0.25, 0.3) is 0 Å². The van der Waals surface area contributed by atoms with Crippen molar-refractivity contribution in [2.45, 2.75) is 67.5 Å². The summed E-state index contributed by atoms with van der Waals surface area (Å²) in [5.74, 6) is -1.25. The Kier molecular flexibility index (Phi) is 9.13. The molecule has 1 saturated heterocycles. The number of halogens is 7. The van der Waals surface area contributed by atoms with Crippen molar-refractivity contribution in [1.29, 1.82) is 0 Å². The quantitative estimate of drug-likeness (QED) is 0.391. The van der Waals surface area contributed by atoms with Gasteiger partial charge in [0.15, 0.2) is 0 Å². The number of sulfonamides is 1. The maximum absolute atomic E-state index is 13.8. The summed E-state index contributed by atoms with van der Waals surface area (Å²) in [6, 6.07) is 3.23. The highest BCUT2D eigenvalue weighted by Crippen LogP contribution is 2.51. The molecule has 17 heteroatoms. The number of fused-ring (bicyclic) bond motifs is 1. The van der Waals surface area contributed by atoms with E-state index in [9.17, 15) is 53.8 Å². The minimum Gasteiger partial charge on any atom is -0.369 e. The molecule has 0 spiro atoms. The number of anilines is 1. The van der Waals surface area contributed by atoms with Crippen LogP contribution in [0.4, 0.5) is 41.2 Å². The minimum absolute atomic E-state index is 0.140. The molecule has 44 heavy (non-hydrogen) atoms. The van der Waals surface area contributed by atoms with Crippen LogP contribution in [-0.4, -0.2) is 74.4 Å². The van der Waals surface area contributed by atoms with Gasteiger partial charge in [-0.15, -0.1) is 0 Å². The number of amides is 3. The van der Waals surface area contributed by atoms with Gasteiger partial charge in [-0.25, -0.2) is 17.6 Å². The van der Waals surface area contributed by atoms with E-state index < -0.39 is 68.7 Å². The maximum Gasteiger partial charge on any atom is 0.430 e. The zero-order chi connectivity index (χ0) is 32.7. The number of benzene rings is 2. The third-order valence-electron chi connectivity index (χ3n) is 7.63. The lowest BCUT2D eigenvalue weighted by Crippen LogP contribution is -2.54. The van der Waals surface area contributed by atoms with Crippen LogP contribution >= 0.6 is 0 Å². The number of hydrogen-bond acceptors (Lipinski definition) is 5. The summed E-state index contributed by atoms with van der Waals surface area (Å²) in [5.41, 5.74) is -7.30. The molecule has 0 saturated carbocycles. The summed E-state index contributed by atoms with van der Waals surface area (Å²) >= 11 is 0. The SMILES string of the molecule is CCNC(=O)N[C@H]1CCN(C(=O)C[C@@H]2CCc3cc(C(O)(C(F)(F)F)C(F)(F)F)ccc3N2S(=O)(=O)c2ccc(F)cc2)C1. The molecule has 0 radical (unpaired) electrons. The normalized spacial score (nSPS) is 19.5. The number of nitrogens with one attached hydrogen (secondary N) is 2. The van der Waals surface area contributed by atoms with Crippen molar-refractivity contribution < 1.29 is 53.8 Å². The highest BCUT2D eigenvalue weighted by atomic mass is 32.2. The van der Waals surface area contributed by atoms with Gasteiger partial charge < -0.3 is 20.6 Å². The van der Waals surface area contributed by atoms with Crippen LogP contribution in [-0.2, 0) is 26.8 Å². The van der Waals surface area contributed by atoms with Gasteiger partial charge in [0.1, 0.15) is 5.82 Å². The number of aliphatic hydroxyl groups is 1. The fourth-order valence-corrected chi connectivity index (χ4v) is 7.13. The Hall–Kier alpha value is -3.60. The minimum atomic E-state index is -6.15. The van der Waals surface area contributed by atoms with E-state index in [1.807, 2.05) is 0 Å². The van der Waals surface area contributed by atoms with Crippen LogP contribution in [0.15, 0.2) is 47.4 Å². The molecule has 2 aliphatic heterocycles. The third-order valence-corrected chi connectivity index (χ3v) is 9.51. The maximum atomic E-state index is 13.8. The van der Waals surface area contributed by atoms with Gasteiger partial charge in [0.2, 0.25) is 5.91 Å². The number of likely N-dealkylation sites (tertiary alicyclic amines) is 1. The predicted molar refractivity (Wildman–Crippen MR) is 142 cm³/mol. The van der Waals surface area contributed by atoms with Gasteiger partial charge in [-0.2, -0.15) is 26.3 Å². The summed E-state index contributed by atoms with van der Waals surface area (Å²) in [7, 11) is -4.62. The van der Waals surface area contributed by atoms with Gasteiger partial charge in [0.25, 0.3) is 15.6 Å². The third kappa shape index (κ3) is 6.29. The van der Waals surface area contributed by atoms with Crippen molar-refractivity contribution in [2.24, 2.45) is 0 Å². The Balaban J connectivity index is 1.70. The molecular formula is C27H29F7N4O5S. The first-order valence-electron chi connectivity index (χ1n) is 13.5. The molecule has 9 nitrogen and oxygen atoms in total. The number of rotatable bonds is 7. The molecule has 4 rings (SSSR count). The van der Waals surface area contributed by atoms with Crippen LogP contribution in [0.1, 0.15) is 37.3 Å². The Morgan fingerprint density at radius 1 is 1.00 bits per heavy atom. The number of carbonyl (C=O) groups excluding carboxylic acids is 2. The summed E-state index contributed by atoms with van der Waals surface area (Å²) in [5, 5.41) is 15.2. The molecule has 2 aromatic carbocycles. The first-order chi connectivity index (χ1) is 20.4. The van der Waals surface area contributed by atoms with E-state index in [1.54, 1.807) is 6.92 Å². The van der Waals surface area contributed by atoms with E-state index in [2.05, 4.69) is 10.6 Å². The molecule has 242 valence electrons. The summed E-state index contributed by atoms with van der Waals surface area (Å²) in [6.07, 6.45) is -12.7. The molecule has 2 aliphatic rings. The van der Waals surface area contributed by atoms with Crippen LogP contribution in [0.5, 0.6) is 0 Å². The second kappa shape index (κ2) is 12.1. The van der Waals surface area contributed by atoms with Crippen molar-refractivity contribution >= 4 is 27.6 Å². The average molecular weight is 655 g/mol. The molecule has 3 amide bonds. The van der Waals surface area contributed by atoms with Gasteiger partial charge in [0.05, 0.1) is 16.6 Å². The lowest BCUT2D eigenvalue weighted by Gasteiger charge is -2.39. The molecule has 3 N–H and O–H groups in total. The largest absolute Gasteiger partial charge is 0.430 e. The van der Waals surface area contributed by atoms with E-state index >= 15 is 0 Å². The van der Waals surface area contributed by atoms with Crippen molar-refractivity contribution in [3.63, 3.8) is 0 Å². The molecule has 2 heterocycles. The number of aryl methyl sites for hydroxylation is 1. The second-order valence-corrected chi connectivity index (χ2v) is 12.3. The lowest BCUT2D eigenvalue weighted by molar-refractivity contribution is -0.376. The summed E-state index contributed by atoms with van der Waals surface area (Å²) in [4.78, 5) is 26.1. The van der Waals surface area contributed by atoms with E-state index in [1.165, 1.54) is 4.90 Å². The standard InChI is InChI=1S/C27H29F7N4O5S/c1-2-35-24(40)36-19-11-12-37(15-19)23(39)14-20-7-3-16-13-17(25(41,26(29,30)31)27(32,33)34)4-10-22(16)38(20)44(42,43)21-8-5-18(28)6-9-21/h4-6,8-10,13,19-20,41H,2-3,7,11-12,14-15H2,1H3,(H2,35,36,40)/t19-,20-/m0/s1. The fourth-order valence-electron chi connectivity index (χ4n) is 5.41. The molecule has 0 bridgehead atoms. The molecular weight excluding hydrogens is 625 g/mol. The smallest absolute Gasteiger partial charge is 0.369 e. The van der Waals surface area contributed by atoms with Gasteiger partial charge in [-0.05, 0) is 62.1 Å². The monoisotopic (exact) mass is 654 g/mol. The Morgan fingerprint density at radius 3 is 2.23 bits per heavy atom. The summed E-state index contributed by atoms with van der Waals surface area (Å²) in [6.45, 7) is 2.50. The van der Waals surface area contributed by atoms with Crippen molar-refractivity contribution in [3.05, 3.63) is 59.4 Å². The van der Waals surface area contributed by atoms with E-state index in [0.717, 1.165) is 34.6 Å². The van der Waals surface area contributed by atoms with Gasteiger partial charge >= 0.3 is 18.4 Å². The zero-order valence-corrected chi connectivity index (χ0v) is 24.0. The number of carbonyl (C=O) groups is 2. The topological polar surface area (TPSA) is 119 Å². The van der Waals surface area contributed by atoms with Crippen molar-refractivity contribution in [2.75, 3.05) is 23.9 Å². The van der Waals surface area contributed by atoms with Crippen LogP contribution < -0.4 is 14.9 Å². The molecule has 0 aromatic heterocycles. The van der Waals surface area contributed by atoms with Crippen molar-refractivity contribution in [3.8, 4) is 0 Å². The lowest BCUT2D eigenvalue weighted by atomic mass is 9.87. The Bertz CT molecular complexity index is 1490. The highest BCUT2D eigenvalue weighted by molar-refractivity contribution is 7.92. The Morgan fingerprint density at radius 2 is 1.64 bits per heavy atom. The van der Waals surface area contributed by atoms with Gasteiger partial charge in [0, 0.05) is 37.7 Å². The molecule has 2 atom stereocenters. The first kappa shape index (κ1) is 33.3. The summed E-state index contributed by atoms with van der Waals surface area (Å²) < 4.78 is 123. The van der Waals surface area contributed by atoms with Crippen LogP contribution in [0.3, 0.4) is 0 Å². The molecule has 1 fully saturated rings. The van der Waals surface area contributed by atoms with Gasteiger partial charge in [-0.1, -0.05) is 12.1 Å². The predicted octanol–water partition coefficient (Wildman–Crippen LogP) is 3.96. The van der Waals surface area contributed by atoms with Gasteiger partial charge in [-0.3, -0.25) is 9.10 Å². The molecule has 2 aromatic rings. The van der Waals surface area contributed by atoms with E-state index in [4.69, 9.17) is 0 Å². The van der Waals surface area contributed by atoms with Crippen LogP contribution in [0.2, 0.25) is 0 Å². The number of hydrogen-bond donors (Lipinski definition) is 3. The van der Waals surface area contributed by atoms with Crippen LogP contribution in [0, 0.1) is 5.82 Å². The molecule has 0 aliphatic carbocycles. The number of urea groups is 1. The first-order valence-corrected chi connectivity index (χ1v) is 15.0. The Labute approximate surface area is 248 Å². The van der Waals surface area contributed by atoms with Crippen molar-refractivity contribution in [1.82, 2.24) is 15.5 Å². The number of nitrogens with zero attached hydrogens (tertiary/aromatic N) is 2. The molecule has 0 unspecified atom stereocenters. The highest BCUT2D eigenvalue weighted by Gasteiger charge is 2.71. The van der Waals surface area contributed by atoms with E-state index in [-0.39, 0.29) is 43.2 Å². The van der Waals surface area contributed by atoms with E-state index in [0.29, 0.717) is 25.1 Å². The average Bonchev–Trinajstić information content (AvgIpc) is 3.39. The zero-order valence-electron chi connectivity index (χ0n) is 23.2. The fraction of sp³-hybridized carbons (Fsp3) is 0.481.